The molecule has 3 rings (SSSR count). The van der Waals surface area contributed by atoms with Crippen molar-refractivity contribution in [3.8, 4) is 5.75 Å². The summed E-state index contributed by atoms with van der Waals surface area (Å²) in [6, 6.07) is 10.5. The van der Waals surface area contributed by atoms with E-state index < -0.39 is 6.04 Å². The minimum Gasteiger partial charge on any atom is -0.483 e. The highest BCUT2D eigenvalue weighted by atomic mass is 35.5. The average molecular weight is 359 g/mol. The highest BCUT2D eigenvalue weighted by molar-refractivity contribution is 6.31. The molecule has 2 amide bonds. The van der Waals surface area contributed by atoms with Gasteiger partial charge in [0.25, 0.3) is 5.91 Å². The molecule has 0 saturated carbocycles. The fourth-order valence-corrected chi connectivity index (χ4v) is 3.06. The van der Waals surface area contributed by atoms with Crippen LogP contribution in [-0.4, -0.2) is 24.5 Å². The molecule has 0 fully saturated rings. The quantitative estimate of drug-likeness (QED) is 0.882. The standard InChI is InChI=1S/C19H19ClN2O3/c1-11-4-3-5-12(2)18(11)25-10-17(23)21-16-8-13-6-7-14(20)9-15(13)22-19(16)24/h3-7,9,16H,8,10H2,1-2H3,(H,21,23)(H,22,24). The van der Waals surface area contributed by atoms with Crippen LogP contribution in [0.25, 0.3) is 0 Å². The van der Waals surface area contributed by atoms with E-state index in [4.69, 9.17) is 16.3 Å². The maximum Gasteiger partial charge on any atom is 0.258 e. The number of hydrogen-bond acceptors (Lipinski definition) is 3. The number of benzene rings is 2. The number of anilines is 1. The zero-order valence-electron chi connectivity index (χ0n) is 14.1. The first-order valence-corrected chi connectivity index (χ1v) is 8.39. The van der Waals surface area contributed by atoms with E-state index in [9.17, 15) is 9.59 Å². The van der Waals surface area contributed by atoms with Gasteiger partial charge in [0.15, 0.2) is 6.61 Å². The number of carbonyl (C=O) groups excluding carboxylic acids is 2. The van der Waals surface area contributed by atoms with E-state index >= 15 is 0 Å². The lowest BCUT2D eigenvalue weighted by atomic mass is 9.99. The Balaban J connectivity index is 1.61. The summed E-state index contributed by atoms with van der Waals surface area (Å²) in [6.45, 7) is 3.72. The van der Waals surface area contributed by atoms with Crippen molar-refractivity contribution < 1.29 is 14.3 Å². The number of rotatable bonds is 4. The first kappa shape index (κ1) is 17.3. The van der Waals surface area contributed by atoms with Crippen molar-refractivity contribution in [3.63, 3.8) is 0 Å². The van der Waals surface area contributed by atoms with Gasteiger partial charge in [-0.15, -0.1) is 0 Å². The van der Waals surface area contributed by atoms with Crippen LogP contribution in [-0.2, 0) is 16.0 Å². The molecule has 2 aromatic carbocycles. The van der Waals surface area contributed by atoms with Gasteiger partial charge in [0.1, 0.15) is 11.8 Å². The summed E-state index contributed by atoms with van der Waals surface area (Å²) in [6.07, 6.45) is 0.424. The molecule has 1 heterocycles. The monoisotopic (exact) mass is 358 g/mol. The van der Waals surface area contributed by atoms with Crippen LogP contribution in [0.5, 0.6) is 5.75 Å². The minimum atomic E-state index is -0.622. The van der Waals surface area contributed by atoms with E-state index in [2.05, 4.69) is 10.6 Å². The van der Waals surface area contributed by atoms with Gasteiger partial charge in [-0.25, -0.2) is 0 Å². The molecule has 2 N–H and O–H groups in total. The summed E-state index contributed by atoms with van der Waals surface area (Å²) in [5, 5.41) is 6.05. The summed E-state index contributed by atoms with van der Waals surface area (Å²) < 4.78 is 5.63. The molecule has 1 unspecified atom stereocenters. The Morgan fingerprint density at radius 1 is 1.28 bits per heavy atom. The highest BCUT2D eigenvalue weighted by Gasteiger charge is 2.27. The number of halogens is 1. The van der Waals surface area contributed by atoms with Crippen LogP contribution in [0.3, 0.4) is 0 Å². The molecule has 6 heteroatoms. The Labute approximate surface area is 151 Å². The summed E-state index contributed by atoms with van der Waals surface area (Å²) in [5.41, 5.74) is 3.56. The molecule has 1 aliphatic rings. The molecular weight excluding hydrogens is 340 g/mol. The number of carbonyl (C=O) groups is 2. The Morgan fingerprint density at radius 2 is 2.00 bits per heavy atom. The number of amides is 2. The van der Waals surface area contributed by atoms with Crippen LogP contribution in [0.15, 0.2) is 36.4 Å². The Morgan fingerprint density at radius 3 is 2.72 bits per heavy atom. The summed E-state index contributed by atoms with van der Waals surface area (Å²) in [4.78, 5) is 24.4. The van der Waals surface area contributed by atoms with Crippen molar-refractivity contribution in [2.45, 2.75) is 26.3 Å². The second-order valence-electron chi connectivity index (χ2n) is 6.12. The molecule has 0 aromatic heterocycles. The van der Waals surface area contributed by atoms with Gasteiger partial charge >= 0.3 is 0 Å². The number of aryl methyl sites for hydroxylation is 2. The second-order valence-corrected chi connectivity index (χ2v) is 6.56. The smallest absolute Gasteiger partial charge is 0.258 e. The van der Waals surface area contributed by atoms with E-state index in [-0.39, 0.29) is 18.4 Å². The van der Waals surface area contributed by atoms with Crippen molar-refractivity contribution in [1.29, 1.82) is 0 Å². The van der Waals surface area contributed by atoms with Crippen molar-refractivity contribution >= 4 is 29.1 Å². The van der Waals surface area contributed by atoms with Crippen molar-refractivity contribution in [3.05, 3.63) is 58.1 Å². The lowest BCUT2D eigenvalue weighted by Gasteiger charge is -2.25. The molecule has 0 bridgehead atoms. The number of ether oxygens (including phenoxy) is 1. The maximum atomic E-state index is 12.2. The van der Waals surface area contributed by atoms with Crippen LogP contribution >= 0.6 is 11.6 Å². The molecule has 0 radical (unpaired) electrons. The van der Waals surface area contributed by atoms with Gasteiger partial charge < -0.3 is 15.4 Å². The fourth-order valence-electron chi connectivity index (χ4n) is 2.89. The number of para-hydroxylation sites is 1. The fraction of sp³-hybridized carbons (Fsp3) is 0.263. The Bertz CT molecular complexity index is 815. The minimum absolute atomic E-state index is 0.136. The molecule has 5 nitrogen and oxygen atoms in total. The average Bonchev–Trinajstić information content (AvgIpc) is 2.55. The van der Waals surface area contributed by atoms with Crippen LogP contribution < -0.4 is 15.4 Å². The number of hydrogen-bond donors (Lipinski definition) is 2. The third kappa shape index (κ3) is 3.94. The molecule has 130 valence electrons. The molecule has 1 atom stereocenters. The summed E-state index contributed by atoms with van der Waals surface area (Å²) in [5.74, 6) is 0.112. The lowest BCUT2D eigenvalue weighted by molar-refractivity contribution is -0.128. The number of fused-ring (bicyclic) bond motifs is 1. The molecule has 1 aliphatic heterocycles. The van der Waals surface area contributed by atoms with Crippen molar-refractivity contribution in [2.75, 3.05) is 11.9 Å². The predicted molar refractivity (Wildman–Crippen MR) is 97.1 cm³/mol. The third-order valence-corrected chi connectivity index (χ3v) is 4.40. The molecular formula is C19H19ClN2O3. The van der Waals surface area contributed by atoms with Crippen molar-refractivity contribution in [1.82, 2.24) is 5.32 Å². The van der Waals surface area contributed by atoms with Crippen LogP contribution in [0.4, 0.5) is 5.69 Å². The molecule has 0 saturated heterocycles. The normalized spacial score (nSPS) is 16.0. The van der Waals surface area contributed by atoms with E-state index in [0.29, 0.717) is 22.9 Å². The van der Waals surface area contributed by atoms with Gasteiger partial charge in [-0.05, 0) is 42.7 Å². The van der Waals surface area contributed by atoms with Crippen LogP contribution in [0.2, 0.25) is 5.02 Å². The third-order valence-electron chi connectivity index (χ3n) is 4.16. The van der Waals surface area contributed by atoms with Gasteiger partial charge in [0, 0.05) is 17.1 Å². The SMILES string of the molecule is Cc1cccc(C)c1OCC(=O)NC1Cc2ccc(Cl)cc2NC1=O. The van der Waals surface area contributed by atoms with Gasteiger partial charge in [-0.1, -0.05) is 35.9 Å². The predicted octanol–water partition coefficient (Wildman–Crippen LogP) is 3.02. The van der Waals surface area contributed by atoms with Crippen LogP contribution in [0, 0.1) is 13.8 Å². The van der Waals surface area contributed by atoms with Gasteiger partial charge in [0.05, 0.1) is 0 Å². The van der Waals surface area contributed by atoms with Gasteiger partial charge in [0.2, 0.25) is 5.91 Å². The topological polar surface area (TPSA) is 67.4 Å². The molecule has 2 aromatic rings. The largest absolute Gasteiger partial charge is 0.483 e. The zero-order valence-corrected chi connectivity index (χ0v) is 14.8. The first-order valence-electron chi connectivity index (χ1n) is 8.01. The maximum absolute atomic E-state index is 12.2. The molecule has 0 aliphatic carbocycles. The van der Waals surface area contributed by atoms with Crippen LogP contribution in [0.1, 0.15) is 16.7 Å². The molecule has 0 spiro atoms. The van der Waals surface area contributed by atoms with E-state index in [1.807, 2.05) is 38.1 Å². The lowest BCUT2D eigenvalue weighted by Crippen LogP contribution is -2.48. The molecule has 25 heavy (non-hydrogen) atoms. The van der Waals surface area contributed by atoms with Gasteiger partial charge in [-0.2, -0.15) is 0 Å². The zero-order chi connectivity index (χ0) is 18.0. The summed E-state index contributed by atoms with van der Waals surface area (Å²) in [7, 11) is 0. The summed E-state index contributed by atoms with van der Waals surface area (Å²) >= 11 is 5.93. The highest BCUT2D eigenvalue weighted by Crippen LogP contribution is 2.26. The van der Waals surface area contributed by atoms with E-state index in [1.165, 1.54) is 0 Å². The number of nitrogens with one attached hydrogen (secondary N) is 2. The Kier molecular flexibility index (Phi) is 4.95. The van der Waals surface area contributed by atoms with Gasteiger partial charge in [-0.3, -0.25) is 9.59 Å². The van der Waals surface area contributed by atoms with E-state index in [1.54, 1.807) is 12.1 Å². The first-order chi connectivity index (χ1) is 11.9. The van der Waals surface area contributed by atoms with Crippen molar-refractivity contribution in [2.24, 2.45) is 0 Å². The second kappa shape index (κ2) is 7.15. The Hall–Kier alpha value is -2.53. The van der Waals surface area contributed by atoms with E-state index in [0.717, 1.165) is 16.7 Å².